The Labute approximate surface area is 172 Å². The molecule has 3 aliphatic rings. The minimum Gasteiger partial charge on any atom is -0.512 e. The average molecular weight is 392 g/mol. The largest absolute Gasteiger partial charge is 0.512 e. The summed E-state index contributed by atoms with van der Waals surface area (Å²) in [5.41, 5.74) is 5.41. The summed E-state index contributed by atoms with van der Waals surface area (Å²) in [4.78, 5) is 11.8. The van der Waals surface area contributed by atoms with E-state index in [-0.39, 0.29) is 0 Å². The topological polar surface area (TPSA) is 73.3 Å². The Bertz CT molecular complexity index is 896. The van der Waals surface area contributed by atoms with Crippen molar-refractivity contribution < 1.29 is 5.11 Å². The number of rotatable bonds is 4. The molecule has 0 radical (unpaired) electrons. The van der Waals surface area contributed by atoms with Crippen molar-refractivity contribution in [2.45, 2.75) is 38.5 Å². The number of fused-ring (bicyclic) bond motifs is 1. The van der Waals surface area contributed by atoms with Crippen LogP contribution in [0, 0.1) is 5.92 Å². The van der Waals surface area contributed by atoms with Crippen LogP contribution < -0.4 is 15.5 Å². The van der Waals surface area contributed by atoms with Gasteiger partial charge in [0.15, 0.2) is 0 Å². The number of nitrogens with zero attached hydrogens (tertiary/aromatic N) is 3. The molecular formula is C23H29N5O. The van der Waals surface area contributed by atoms with E-state index < -0.39 is 0 Å². The quantitative estimate of drug-likeness (QED) is 0.731. The first-order valence-corrected chi connectivity index (χ1v) is 10.9. The molecule has 1 saturated heterocycles. The number of aromatic nitrogens is 2. The van der Waals surface area contributed by atoms with Crippen LogP contribution in [0.15, 0.2) is 36.2 Å². The van der Waals surface area contributed by atoms with Gasteiger partial charge in [0.1, 0.15) is 0 Å². The van der Waals surface area contributed by atoms with Gasteiger partial charge in [-0.3, -0.25) is 0 Å². The first-order valence-electron chi connectivity index (χ1n) is 10.9. The van der Waals surface area contributed by atoms with E-state index in [1.807, 2.05) is 6.20 Å². The van der Waals surface area contributed by atoms with E-state index in [1.54, 1.807) is 0 Å². The lowest BCUT2D eigenvalue weighted by atomic mass is 9.85. The van der Waals surface area contributed by atoms with E-state index in [2.05, 4.69) is 44.8 Å². The monoisotopic (exact) mass is 391 g/mol. The molecule has 3 N–H and O–H groups in total. The van der Waals surface area contributed by atoms with Crippen LogP contribution in [0.25, 0.3) is 5.57 Å². The SMILES string of the molecule is OC1=C(C2CCCC2)c2nc(Nc3ccc(N4CCNCC4)cc3)ncc2CC1. The Morgan fingerprint density at radius 2 is 1.79 bits per heavy atom. The molecule has 29 heavy (non-hydrogen) atoms. The molecule has 2 heterocycles. The van der Waals surface area contributed by atoms with Gasteiger partial charge in [-0.1, -0.05) is 12.8 Å². The van der Waals surface area contributed by atoms with Crippen molar-refractivity contribution in [1.82, 2.24) is 15.3 Å². The van der Waals surface area contributed by atoms with Gasteiger partial charge in [-0.15, -0.1) is 0 Å². The normalized spacial score (nSPS) is 20.1. The van der Waals surface area contributed by atoms with Crippen molar-refractivity contribution >= 4 is 22.9 Å². The van der Waals surface area contributed by atoms with Gasteiger partial charge in [0.05, 0.1) is 11.5 Å². The predicted octanol–water partition coefficient (Wildman–Crippen LogP) is 4.04. The number of piperazine rings is 1. The van der Waals surface area contributed by atoms with E-state index in [9.17, 15) is 5.11 Å². The number of hydrogen-bond donors (Lipinski definition) is 3. The molecule has 2 aliphatic carbocycles. The van der Waals surface area contributed by atoms with Gasteiger partial charge in [0.25, 0.3) is 0 Å². The van der Waals surface area contributed by atoms with Gasteiger partial charge in [0.2, 0.25) is 5.95 Å². The molecule has 1 aromatic carbocycles. The summed E-state index contributed by atoms with van der Waals surface area (Å²) >= 11 is 0. The van der Waals surface area contributed by atoms with Crippen LogP contribution in [-0.2, 0) is 6.42 Å². The summed E-state index contributed by atoms with van der Waals surface area (Å²) in [6.45, 7) is 4.15. The molecule has 6 heteroatoms. The van der Waals surface area contributed by atoms with E-state index >= 15 is 0 Å². The molecule has 0 atom stereocenters. The minimum atomic E-state index is 0.440. The van der Waals surface area contributed by atoms with Crippen LogP contribution in [-0.4, -0.2) is 41.3 Å². The van der Waals surface area contributed by atoms with Gasteiger partial charge < -0.3 is 20.6 Å². The predicted molar refractivity (Wildman–Crippen MR) is 117 cm³/mol. The molecule has 5 rings (SSSR count). The van der Waals surface area contributed by atoms with Crippen LogP contribution >= 0.6 is 0 Å². The van der Waals surface area contributed by atoms with Crippen molar-refractivity contribution in [3.8, 4) is 0 Å². The van der Waals surface area contributed by atoms with Crippen molar-refractivity contribution in [3.63, 3.8) is 0 Å². The molecule has 0 unspecified atom stereocenters. The zero-order chi connectivity index (χ0) is 19.6. The highest BCUT2D eigenvalue weighted by molar-refractivity contribution is 5.72. The van der Waals surface area contributed by atoms with E-state index in [0.29, 0.717) is 24.0 Å². The molecule has 6 nitrogen and oxygen atoms in total. The third-order valence-electron chi connectivity index (χ3n) is 6.43. The first-order chi connectivity index (χ1) is 14.3. The third kappa shape index (κ3) is 3.81. The third-order valence-corrected chi connectivity index (χ3v) is 6.43. The smallest absolute Gasteiger partial charge is 0.227 e. The lowest BCUT2D eigenvalue weighted by Crippen LogP contribution is -2.43. The van der Waals surface area contributed by atoms with Crippen LogP contribution in [0.1, 0.15) is 43.4 Å². The number of nitrogens with one attached hydrogen (secondary N) is 2. The van der Waals surface area contributed by atoms with Crippen LogP contribution in [0.4, 0.5) is 17.3 Å². The van der Waals surface area contributed by atoms with Crippen molar-refractivity contribution in [1.29, 1.82) is 0 Å². The summed E-state index contributed by atoms with van der Waals surface area (Å²) < 4.78 is 0. The molecule has 0 amide bonds. The van der Waals surface area contributed by atoms with E-state index in [1.165, 1.54) is 18.5 Å². The standard InChI is InChI=1S/C23H29N5O/c29-20-10-5-17-15-25-23(27-22(17)21(20)16-3-1-2-4-16)26-18-6-8-19(9-7-18)28-13-11-24-12-14-28/h6-9,15-16,24,29H,1-5,10-14H2,(H,25,26,27). The second kappa shape index (κ2) is 8.03. The molecule has 0 bridgehead atoms. The van der Waals surface area contributed by atoms with Crippen LogP contribution in [0.3, 0.4) is 0 Å². The molecule has 0 spiro atoms. The highest BCUT2D eigenvalue weighted by Crippen LogP contribution is 2.41. The number of allylic oxidation sites excluding steroid dienone is 2. The number of anilines is 3. The maximum Gasteiger partial charge on any atom is 0.227 e. The maximum absolute atomic E-state index is 10.6. The second-order valence-corrected chi connectivity index (χ2v) is 8.32. The summed E-state index contributed by atoms with van der Waals surface area (Å²) in [5.74, 6) is 1.58. The average Bonchev–Trinajstić information content (AvgIpc) is 3.29. The Morgan fingerprint density at radius 1 is 1.03 bits per heavy atom. The maximum atomic E-state index is 10.6. The Morgan fingerprint density at radius 3 is 2.55 bits per heavy atom. The molecular weight excluding hydrogens is 362 g/mol. The van der Waals surface area contributed by atoms with Gasteiger partial charge in [0, 0.05) is 55.7 Å². The van der Waals surface area contributed by atoms with Crippen LogP contribution in [0.5, 0.6) is 0 Å². The fourth-order valence-corrected chi connectivity index (χ4v) is 4.86. The van der Waals surface area contributed by atoms with Crippen molar-refractivity contribution in [3.05, 3.63) is 47.5 Å². The Balaban J connectivity index is 1.36. The van der Waals surface area contributed by atoms with Gasteiger partial charge in [-0.2, -0.15) is 0 Å². The fourth-order valence-electron chi connectivity index (χ4n) is 4.86. The number of aliphatic hydroxyl groups is 1. The van der Waals surface area contributed by atoms with E-state index in [4.69, 9.17) is 4.98 Å². The summed E-state index contributed by atoms with van der Waals surface area (Å²) in [5, 5.41) is 17.3. The Hall–Kier alpha value is -2.60. The number of aliphatic hydroxyl groups excluding tert-OH is 1. The lowest BCUT2D eigenvalue weighted by Gasteiger charge is -2.29. The molecule has 2 aromatic rings. The van der Waals surface area contributed by atoms with E-state index in [0.717, 1.165) is 68.0 Å². The first kappa shape index (κ1) is 18.4. The Kier molecular flexibility index (Phi) is 5.10. The summed E-state index contributed by atoms with van der Waals surface area (Å²) in [6.07, 6.45) is 8.25. The molecule has 1 aliphatic heterocycles. The van der Waals surface area contributed by atoms with Gasteiger partial charge >= 0.3 is 0 Å². The van der Waals surface area contributed by atoms with Crippen molar-refractivity contribution in [2.24, 2.45) is 5.92 Å². The van der Waals surface area contributed by atoms with Gasteiger partial charge in [-0.25, -0.2) is 9.97 Å². The highest BCUT2D eigenvalue weighted by Gasteiger charge is 2.29. The minimum absolute atomic E-state index is 0.440. The molecule has 2 fully saturated rings. The van der Waals surface area contributed by atoms with Gasteiger partial charge in [-0.05, 0) is 55.0 Å². The fraction of sp³-hybridized carbons (Fsp3) is 0.478. The number of benzene rings is 1. The molecule has 1 saturated carbocycles. The summed E-state index contributed by atoms with van der Waals surface area (Å²) in [7, 11) is 0. The number of hydrogen-bond acceptors (Lipinski definition) is 6. The number of aryl methyl sites for hydroxylation is 1. The second-order valence-electron chi connectivity index (χ2n) is 8.32. The lowest BCUT2D eigenvalue weighted by molar-refractivity contribution is 0.381. The summed E-state index contributed by atoms with van der Waals surface area (Å²) in [6, 6.07) is 8.49. The van der Waals surface area contributed by atoms with Crippen LogP contribution in [0.2, 0.25) is 0 Å². The zero-order valence-electron chi connectivity index (χ0n) is 16.8. The highest BCUT2D eigenvalue weighted by atomic mass is 16.3. The molecule has 1 aromatic heterocycles. The molecule has 152 valence electrons. The zero-order valence-corrected chi connectivity index (χ0v) is 16.8. The van der Waals surface area contributed by atoms with Crippen molar-refractivity contribution in [2.75, 3.05) is 36.4 Å².